The van der Waals surface area contributed by atoms with Gasteiger partial charge in [0.15, 0.2) is 11.5 Å². The van der Waals surface area contributed by atoms with Crippen molar-refractivity contribution in [3.8, 4) is 34.5 Å². The number of hydrogen-bond donors (Lipinski definition) is 2. The van der Waals surface area contributed by atoms with E-state index in [4.69, 9.17) is 15.2 Å². The van der Waals surface area contributed by atoms with Gasteiger partial charge in [-0.25, -0.2) is 38.7 Å². The van der Waals surface area contributed by atoms with Gasteiger partial charge in [0.05, 0.1) is 29.3 Å². The zero-order chi connectivity index (χ0) is 35.4. The molecule has 256 valence electrons. The molecule has 0 saturated carbocycles. The van der Waals surface area contributed by atoms with Gasteiger partial charge in [0.2, 0.25) is 5.82 Å². The minimum atomic E-state index is -0.439. The van der Waals surface area contributed by atoms with E-state index < -0.39 is 11.6 Å². The molecule has 0 radical (unpaired) electrons. The Hall–Kier alpha value is -6.72. The van der Waals surface area contributed by atoms with Gasteiger partial charge < -0.3 is 10.6 Å². The van der Waals surface area contributed by atoms with E-state index in [1.807, 2.05) is 47.0 Å². The van der Waals surface area contributed by atoms with Gasteiger partial charge in [0.1, 0.15) is 40.7 Å². The number of pyridine rings is 4. The molecule has 1 fully saturated rings. The Bertz CT molecular complexity index is 2380. The quantitative estimate of drug-likeness (QED) is 0.167. The van der Waals surface area contributed by atoms with Crippen LogP contribution in [0.15, 0.2) is 104 Å². The van der Waals surface area contributed by atoms with Crippen molar-refractivity contribution in [2.24, 2.45) is 0 Å². The highest BCUT2D eigenvalue weighted by atomic mass is 19.1. The summed E-state index contributed by atoms with van der Waals surface area (Å²) < 4.78 is 29.3. The van der Waals surface area contributed by atoms with Gasteiger partial charge in [-0.3, -0.25) is 14.5 Å². The van der Waals surface area contributed by atoms with E-state index >= 15 is 0 Å². The minimum Gasteiger partial charge on any atom is -0.367 e. The largest absolute Gasteiger partial charge is 0.367 e. The van der Waals surface area contributed by atoms with Crippen LogP contribution in [0.2, 0.25) is 0 Å². The van der Waals surface area contributed by atoms with Crippen molar-refractivity contribution in [2.45, 2.75) is 25.4 Å². The van der Waals surface area contributed by atoms with Gasteiger partial charge in [0.25, 0.3) is 0 Å². The molecule has 0 unspecified atom stereocenters. The second-order valence-electron chi connectivity index (χ2n) is 12.3. The summed E-state index contributed by atoms with van der Waals surface area (Å²) in [4.78, 5) is 33.6. The predicted molar refractivity (Wildman–Crippen MR) is 191 cm³/mol. The number of anilines is 3. The van der Waals surface area contributed by atoms with Gasteiger partial charge in [-0.1, -0.05) is 12.1 Å². The number of nitrogens with one attached hydrogen (secondary N) is 2. The fraction of sp³-hybridized carbons (Fsp3) is 0.158. The van der Waals surface area contributed by atoms with Crippen LogP contribution >= 0.6 is 0 Å². The molecule has 0 atom stereocenters. The predicted octanol–water partition coefficient (Wildman–Crippen LogP) is 6.70. The van der Waals surface area contributed by atoms with Crippen LogP contribution < -0.4 is 10.6 Å². The third kappa shape index (κ3) is 6.98. The average molecular weight is 693 g/mol. The van der Waals surface area contributed by atoms with E-state index in [9.17, 15) is 8.78 Å². The molecule has 1 aromatic carbocycles. The second kappa shape index (κ2) is 14.3. The van der Waals surface area contributed by atoms with Gasteiger partial charge in [0, 0.05) is 43.8 Å². The zero-order valence-electron chi connectivity index (χ0n) is 27.7. The van der Waals surface area contributed by atoms with E-state index in [2.05, 4.69) is 52.6 Å². The van der Waals surface area contributed by atoms with Crippen molar-refractivity contribution in [1.29, 1.82) is 5.26 Å². The molecular weight excluding hydrogens is 662 g/mol. The second-order valence-corrected chi connectivity index (χ2v) is 12.3. The van der Waals surface area contributed by atoms with E-state index in [-0.39, 0.29) is 11.9 Å². The number of hydrogen-bond acceptors (Lipinski definition) is 11. The van der Waals surface area contributed by atoms with Crippen molar-refractivity contribution in [3.05, 3.63) is 127 Å². The lowest BCUT2D eigenvalue weighted by Gasteiger charge is -2.32. The standard InChI is InChI=1S/C38H30F2N12/c39-25-5-9-30(44-21-25)31-10-11-32-38(47-31)52(37(48-32)29-2-1-16-43-36(29)50-33-12-6-26(40)22-45-33)28-7-3-24(4-8-28)23-51-18-14-27(15-19-51)46-34-13-17-42-35(20-41)49-34/h1-13,16-17,21-22,27H,14-15,18-19,23H2,(H,42,46,49)(H,43,45,50). The maximum absolute atomic E-state index is 13.7. The first kappa shape index (κ1) is 32.5. The molecule has 7 heterocycles. The van der Waals surface area contributed by atoms with Crippen molar-refractivity contribution in [1.82, 2.24) is 44.4 Å². The van der Waals surface area contributed by atoms with E-state index in [0.717, 1.165) is 49.9 Å². The number of fused-ring (bicyclic) bond motifs is 1. The van der Waals surface area contributed by atoms with Crippen LogP contribution in [-0.4, -0.2) is 63.5 Å². The third-order valence-corrected chi connectivity index (χ3v) is 8.81. The molecular formula is C38H30F2N12. The van der Waals surface area contributed by atoms with E-state index in [1.165, 1.54) is 18.3 Å². The van der Waals surface area contributed by atoms with Gasteiger partial charge >= 0.3 is 0 Å². The van der Waals surface area contributed by atoms with Gasteiger partial charge in [-0.05, 0) is 85.1 Å². The van der Waals surface area contributed by atoms with Gasteiger partial charge in [-0.2, -0.15) is 5.26 Å². The van der Waals surface area contributed by atoms with Crippen molar-refractivity contribution >= 4 is 28.6 Å². The molecule has 7 aromatic rings. The maximum atomic E-state index is 13.7. The summed E-state index contributed by atoms with van der Waals surface area (Å²) in [7, 11) is 0. The number of nitriles is 1. The first-order chi connectivity index (χ1) is 25.5. The fourth-order valence-corrected chi connectivity index (χ4v) is 6.26. The Labute approximate surface area is 296 Å². The molecule has 2 N–H and O–H groups in total. The summed E-state index contributed by atoms with van der Waals surface area (Å²) >= 11 is 0. The Morgan fingerprint density at radius 1 is 0.750 bits per heavy atom. The summed E-state index contributed by atoms with van der Waals surface area (Å²) in [6, 6.07) is 25.6. The number of likely N-dealkylation sites (tertiary alicyclic amines) is 1. The number of benzene rings is 1. The van der Waals surface area contributed by atoms with Crippen molar-refractivity contribution < 1.29 is 8.78 Å². The molecule has 1 aliphatic rings. The minimum absolute atomic E-state index is 0.155. The zero-order valence-corrected chi connectivity index (χ0v) is 27.7. The lowest BCUT2D eigenvalue weighted by molar-refractivity contribution is 0.211. The lowest BCUT2D eigenvalue weighted by Crippen LogP contribution is -2.38. The number of rotatable bonds is 9. The normalized spacial score (nSPS) is 13.6. The Morgan fingerprint density at radius 2 is 1.54 bits per heavy atom. The van der Waals surface area contributed by atoms with Crippen LogP contribution in [-0.2, 0) is 6.54 Å². The first-order valence-electron chi connectivity index (χ1n) is 16.7. The SMILES string of the molecule is N#Cc1nccc(NC2CCN(Cc3ccc(-n4c(-c5cccnc5Nc5ccc(F)cn5)nc5ccc(-c6ccc(F)cn6)nc54)cc3)CC2)n1. The number of imidazole rings is 1. The Morgan fingerprint density at radius 3 is 2.29 bits per heavy atom. The molecule has 1 saturated heterocycles. The Kier molecular flexibility index (Phi) is 8.90. The molecule has 0 bridgehead atoms. The molecule has 1 aliphatic heterocycles. The number of nitrogens with zero attached hydrogens (tertiary/aromatic N) is 10. The summed E-state index contributed by atoms with van der Waals surface area (Å²) in [6.07, 6.45) is 7.45. The van der Waals surface area contributed by atoms with Crippen molar-refractivity contribution in [2.75, 3.05) is 23.7 Å². The fourth-order valence-electron chi connectivity index (χ4n) is 6.26. The topological polar surface area (TPSA) is 146 Å². The van der Waals surface area contributed by atoms with Crippen LogP contribution in [0.5, 0.6) is 0 Å². The van der Waals surface area contributed by atoms with Crippen LogP contribution in [0, 0.1) is 23.0 Å². The van der Waals surface area contributed by atoms with Crippen LogP contribution in [0.25, 0.3) is 39.6 Å². The molecule has 8 rings (SSSR count). The molecule has 0 amide bonds. The summed E-state index contributed by atoms with van der Waals surface area (Å²) in [6.45, 7) is 2.61. The summed E-state index contributed by atoms with van der Waals surface area (Å²) in [5.74, 6) is 1.45. The average Bonchev–Trinajstić information content (AvgIpc) is 3.56. The number of piperidine rings is 1. The van der Waals surface area contributed by atoms with Crippen LogP contribution in [0.1, 0.15) is 24.2 Å². The molecule has 14 heteroatoms. The Balaban J connectivity index is 1.09. The smallest absolute Gasteiger partial charge is 0.234 e. The highest BCUT2D eigenvalue weighted by Crippen LogP contribution is 2.33. The summed E-state index contributed by atoms with van der Waals surface area (Å²) in [5, 5.41) is 15.8. The molecule has 6 aromatic heterocycles. The highest BCUT2D eigenvalue weighted by molar-refractivity contribution is 5.85. The van der Waals surface area contributed by atoms with Gasteiger partial charge in [-0.15, -0.1) is 0 Å². The van der Waals surface area contributed by atoms with Crippen LogP contribution in [0.4, 0.5) is 26.2 Å². The molecule has 0 aliphatic carbocycles. The monoisotopic (exact) mass is 692 g/mol. The molecule has 0 spiro atoms. The number of halogens is 2. The first-order valence-corrected chi connectivity index (χ1v) is 16.7. The number of aromatic nitrogens is 8. The maximum Gasteiger partial charge on any atom is 0.234 e. The molecule has 12 nitrogen and oxygen atoms in total. The van der Waals surface area contributed by atoms with E-state index in [0.29, 0.717) is 51.4 Å². The lowest BCUT2D eigenvalue weighted by atomic mass is 10.0. The summed E-state index contributed by atoms with van der Waals surface area (Å²) in [5.41, 5.74) is 4.99. The third-order valence-electron chi connectivity index (χ3n) is 8.81. The van der Waals surface area contributed by atoms with Crippen LogP contribution in [0.3, 0.4) is 0 Å². The molecule has 52 heavy (non-hydrogen) atoms. The highest BCUT2D eigenvalue weighted by Gasteiger charge is 2.22. The van der Waals surface area contributed by atoms with E-state index in [1.54, 1.807) is 30.6 Å². The van der Waals surface area contributed by atoms with Crippen molar-refractivity contribution in [3.63, 3.8) is 0 Å².